The number of carbonyl (C=O) groups is 1. The molecule has 1 aliphatic rings. The van der Waals surface area contributed by atoms with Gasteiger partial charge in [-0.1, -0.05) is 27.7 Å². The molecule has 0 amide bonds. The summed E-state index contributed by atoms with van der Waals surface area (Å²) in [5.74, 6) is 1.12. The van der Waals surface area contributed by atoms with E-state index in [4.69, 9.17) is 4.74 Å². The summed E-state index contributed by atoms with van der Waals surface area (Å²) in [5.41, 5.74) is -0.206. The van der Waals surface area contributed by atoms with Crippen molar-refractivity contribution in [3.05, 3.63) is 0 Å². The number of hydrogen-bond acceptors (Lipinski definition) is 3. The van der Waals surface area contributed by atoms with Crippen molar-refractivity contribution < 1.29 is 9.53 Å². The smallest absolute Gasteiger partial charge is 0.155 e. The van der Waals surface area contributed by atoms with Crippen LogP contribution in [0.4, 0.5) is 0 Å². The van der Waals surface area contributed by atoms with Crippen LogP contribution in [-0.2, 0) is 9.53 Å². The van der Waals surface area contributed by atoms with Gasteiger partial charge in [-0.3, -0.25) is 4.79 Å². The minimum absolute atomic E-state index is 0.0304. The Hall–Kier alpha value is -0.410. The Morgan fingerprint density at radius 2 is 1.95 bits per heavy atom. The molecule has 1 heterocycles. The van der Waals surface area contributed by atoms with Crippen molar-refractivity contribution in [2.24, 2.45) is 11.3 Å². The molecule has 1 saturated heterocycles. The van der Waals surface area contributed by atoms with Gasteiger partial charge in [-0.05, 0) is 44.6 Å². The zero-order valence-corrected chi connectivity index (χ0v) is 13.1. The standard InChI is InChI=1S/C16H31NO2/c1-5-16(3,4)15(18)14(17-6-2)8-7-13-9-11-19-12-10-13/h13-14,17H,5-12H2,1-4H3. The van der Waals surface area contributed by atoms with Crippen molar-refractivity contribution in [3.8, 4) is 0 Å². The van der Waals surface area contributed by atoms with Crippen molar-refractivity contribution in [1.29, 1.82) is 0 Å². The summed E-state index contributed by atoms with van der Waals surface area (Å²) >= 11 is 0. The van der Waals surface area contributed by atoms with Gasteiger partial charge >= 0.3 is 0 Å². The van der Waals surface area contributed by atoms with Gasteiger partial charge in [0.25, 0.3) is 0 Å². The lowest BCUT2D eigenvalue weighted by molar-refractivity contribution is -0.129. The summed E-state index contributed by atoms with van der Waals surface area (Å²) in [6.07, 6.45) is 5.34. The quantitative estimate of drug-likeness (QED) is 0.735. The Labute approximate surface area is 118 Å². The van der Waals surface area contributed by atoms with Crippen LogP contribution < -0.4 is 5.32 Å². The summed E-state index contributed by atoms with van der Waals surface area (Å²) in [4.78, 5) is 12.6. The van der Waals surface area contributed by atoms with E-state index in [2.05, 4.69) is 33.0 Å². The first kappa shape index (κ1) is 16.6. The minimum atomic E-state index is -0.206. The van der Waals surface area contributed by atoms with Crippen LogP contribution in [0.2, 0.25) is 0 Å². The molecule has 19 heavy (non-hydrogen) atoms. The Bertz CT molecular complexity index is 270. The first-order chi connectivity index (χ1) is 9.01. The molecule has 1 atom stereocenters. The van der Waals surface area contributed by atoms with Crippen LogP contribution in [0, 0.1) is 11.3 Å². The molecule has 0 spiro atoms. The highest BCUT2D eigenvalue weighted by Crippen LogP contribution is 2.26. The van der Waals surface area contributed by atoms with Gasteiger partial charge in [0.15, 0.2) is 5.78 Å². The van der Waals surface area contributed by atoms with Crippen LogP contribution in [0.25, 0.3) is 0 Å². The third kappa shape index (κ3) is 5.23. The molecule has 3 nitrogen and oxygen atoms in total. The van der Waals surface area contributed by atoms with E-state index in [-0.39, 0.29) is 11.5 Å². The van der Waals surface area contributed by atoms with Crippen molar-refractivity contribution >= 4 is 5.78 Å². The van der Waals surface area contributed by atoms with E-state index in [1.54, 1.807) is 0 Å². The number of ketones is 1. The minimum Gasteiger partial charge on any atom is -0.381 e. The van der Waals surface area contributed by atoms with Gasteiger partial charge in [0, 0.05) is 18.6 Å². The third-order valence-corrected chi connectivity index (χ3v) is 4.52. The van der Waals surface area contributed by atoms with Gasteiger partial charge in [0.1, 0.15) is 0 Å². The molecule has 3 heteroatoms. The molecule has 0 bridgehead atoms. The van der Waals surface area contributed by atoms with Crippen molar-refractivity contribution in [2.75, 3.05) is 19.8 Å². The van der Waals surface area contributed by atoms with Gasteiger partial charge in [-0.25, -0.2) is 0 Å². The molecular formula is C16H31NO2. The number of hydrogen-bond donors (Lipinski definition) is 1. The van der Waals surface area contributed by atoms with Crippen molar-refractivity contribution in [3.63, 3.8) is 0 Å². The van der Waals surface area contributed by atoms with Gasteiger partial charge in [0.2, 0.25) is 0 Å². The van der Waals surface area contributed by atoms with E-state index >= 15 is 0 Å². The van der Waals surface area contributed by atoms with Crippen LogP contribution in [0.1, 0.15) is 59.8 Å². The monoisotopic (exact) mass is 269 g/mol. The Morgan fingerprint density at radius 3 is 2.47 bits per heavy atom. The molecule has 0 aromatic rings. The maximum atomic E-state index is 12.6. The fraction of sp³-hybridized carbons (Fsp3) is 0.938. The molecule has 0 aromatic heterocycles. The molecule has 0 radical (unpaired) electrons. The van der Waals surface area contributed by atoms with E-state index in [0.717, 1.165) is 57.8 Å². The molecule has 0 aromatic carbocycles. The predicted molar refractivity (Wildman–Crippen MR) is 79.3 cm³/mol. The lowest BCUT2D eigenvalue weighted by atomic mass is 9.79. The van der Waals surface area contributed by atoms with E-state index in [1.165, 1.54) is 0 Å². The Morgan fingerprint density at radius 1 is 1.32 bits per heavy atom. The number of rotatable bonds is 8. The summed E-state index contributed by atoms with van der Waals surface area (Å²) in [7, 11) is 0. The van der Waals surface area contributed by atoms with Crippen LogP contribution >= 0.6 is 0 Å². The second kappa shape index (κ2) is 8.01. The number of likely N-dealkylation sites (N-methyl/N-ethyl adjacent to an activating group) is 1. The van der Waals surface area contributed by atoms with Crippen molar-refractivity contribution in [1.82, 2.24) is 5.32 Å². The second-order valence-corrected chi connectivity index (χ2v) is 6.35. The van der Waals surface area contributed by atoms with Gasteiger partial charge < -0.3 is 10.1 Å². The fourth-order valence-electron chi connectivity index (χ4n) is 2.66. The zero-order chi connectivity index (χ0) is 14.3. The molecule has 1 aliphatic heterocycles. The Kier molecular flexibility index (Phi) is 7.01. The summed E-state index contributed by atoms with van der Waals surface area (Å²) in [6, 6.07) is 0.0304. The Balaban J connectivity index is 2.49. The lowest BCUT2D eigenvalue weighted by Crippen LogP contribution is -2.44. The SMILES string of the molecule is CCNC(CCC1CCOCC1)C(=O)C(C)(C)CC. The first-order valence-corrected chi connectivity index (χ1v) is 7.86. The largest absolute Gasteiger partial charge is 0.381 e. The van der Waals surface area contributed by atoms with E-state index in [9.17, 15) is 4.79 Å². The normalized spacial score (nSPS) is 19.4. The number of nitrogens with one attached hydrogen (secondary N) is 1. The number of ether oxygens (including phenoxy) is 1. The predicted octanol–water partition coefficient (Wildman–Crippen LogP) is 3.18. The number of carbonyl (C=O) groups excluding carboxylic acids is 1. The molecule has 112 valence electrons. The lowest BCUT2D eigenvalue weighted by Gasteiger charge is -2.29. The number of Topliss-reactive ketones (excluding diaryl/α,β-unsaturated/α-hetero) is 1. The van der Waals surface area contributed by atoms with Crippen LogP contribution in [0.15, 0.2) is 0 Å². The summed E-state index contributed by atoms with van der Waals surface area (Å²) < 4.78 is 5.39. The molecule has 0 saturated carbocycles. The zero-order valence-electron chi connectivity index (χ0n) is 13.1. The van der Waals surface area contributed by atoms with Crippen LogP contribution in [0.3, 0.4) is 0 Å². The summed E-state index contributed by atoms with van der Waals surface area (Å²) in [6.45, 7) is 11.0. The van der Waals surface area contributed by atoms with Gasteiger partial charge in [-0.15, -0.1) is 0 Å². The molecule has 1 N–H and O–H groups in total. The van der Waals surface area contributed by atoms with Crippen LogP contribution in [0.5, 0.6) is 0 Å². The molecular weight excluding hydrogens is 238 g/mol. The molecule has 1 fully saturated rings. The fourth-order valence-corrected chi connectivity index (χ4v) is 2.66. The topological polar surface area (TPSA) is 38.3 Å². The molecule has 1 unspecified atom stereocenters. The maximum absolute atomic E-state index is 12.6. The van der Waals surface area contributed by atoms with E-state index in [0.29, 0.717) is 5.78 Å². The highest BCUT2D eigenvalue weighted by Gasteiger charge is 2.31. The van der Waals surface area contributed by atoms with Crippen LogP contribution in [-0.4, -0.2) is 31.6 Å². The van der Waals surface area contributed by atoms with Gasteiger partial charge in [-0.2, -0.15) is 0 Å². The maximum Gasteiger partial charge on any atom is 0.155 e. The van der Waals surface area contributed by atoms with Crippen molar-refractivity contribution in [2.45, 2.75) is 65.8 Å². The molecule has 0 aliphatic carbocycles. The highest BCUT2D eigenvalue weighted by atomic mass is 16.5. The third-order valence-electron chi connectivity index (χ3n) is 4.52. The summed E-state index contributed by atoms with van der Waals surface area (Å²) in [5, 5.41) is 3.38. The van der Waals surface area contributed by atoms with E-state index < -0.39 is 0 Å². The molecule has 1 rings (SSSR count). The van der Waals surface area contributed by atoms with E-state index in [1.807, 2.05) is 0 Å². The van der Waals surface area contributed by atoms with Gasteiger partial charge in [0.05, 0.1) is 6.04 Å². The average molecular weight is 269 g/mol. The second-order valence-electron chi connectivity index (χ2n) is 6.35. The average Bonchev–Trinajstić information content (AvgIpc) is 2.43. The highest BCUT2D eigenvalue weighted by molar-refractivity contribution is 5.89. The first-order valence-electron chi connectivity index (χ1n) is 7.86.